The summed E-state index contributed by atoms with van der Waals surface area (Å²) in [6.07, 6.45) is 3.76. The minimum Gasteiger partial charge on any atom is -0.339 e. The van der Waals surface area contributed by atoms with Crippen molar-refractivity contribution in [2.24, 2.45) is 7.05 Å². The van der Waals surface area contributed by atoms with Crippen molar-refractivity contribution < 1.29 is 4.79 Å². The second kappa shape index (κ2) is 6.27. The highest BCUT2D eigenvalue weighted by Crippen LogP contribution is 2.20. The van der Waals surface area contributed by atoms with E-state index in [0.29, 0.717) is 6.54 Å². The van der Waals surface area contributed by atoms with Crippen LogP contribution in [0, 0.1) is 6.92 Å². The molecule has 0 bridgehead atoms. The van der Waals surface area contributed by atoms with Gasteiger partial charge in [-0.2, -0.15) is 0 Å². The van der Waals surface area contributed by atoms with Gasteiger partial charge in [0.05, 0.1) is 0 Å². The summed E-state index contributed by atoms with van der Waals surface area (Å²) in [5.74, 6) is 1.16. The second-order valence-electron chi connectivity index (χ2n) is 6.64. The Morgan fingerprint density at radius 3 is 2.64 bits per heavy atom. The predicted octanol–water partition coefficient (Wildman–Crippen LogP) is 2.03. The first kappa shape index (κ1) is 15.7. The van der Waals surface area contributed by atoms with Crippen LogP contribution in [0.1, 0.15) is 5.69 Å². The number of piperazine rings is 1. The normalized spacial score (nSPS) is 15.1. The molecule has 1 fully saturated rings. The fraction of sp³-hybridized carbons (Fsp3) is 0.368. The van der Waals surface area contributed by atoms with Gasteiger partial charge in [0.25, 0.3) is 0 Å². The third-order valence-corrected chi connectivity index (χ3v) is 5.02. The largest absolute Gasteiger partial charge is 0.339 e. The summed E-state index contributed by atoms with van der Waals surface area (Å²) in [4.78, 5) is 21.4. The zero-order valence-electron chi connectivity index (χ0n) is 14.7. The Balaban J connectivity index is 1.44. The molecule has 130 valence electrons. The molecule has 3 aromatic rings. The second-order valence-corrected chi connectivity index (χ2v) is 6.64. The van der Waals surface area contributed by atoms with Crippen LogP contribution in [0.15, 0.2) is 42.7 Å². The summed E-state index contributed by atoms with van der Waals surface area (Å²) in [7, 11) is 2.00. The number of aromatic nitrogens is 3. The molecular formula is C19H23N5O. The standard InChI is InChI=1S/C19H23N5O/c1-15-13-16-5-3-4-6-17(16)24(15)14-18(25)22-9-11-23(12-10-22)19-20-7-8-21(19)2/h3-8,13H,9-12,14H2,1-2H3. The number of imidazole rings is 1. The number of rotatable bonds is 3. The molecular weight excluding hydrogens is 314 g/mol. The van der Waals surface area contributed by atoms with Crippen LogP contribution in [0.5, 0.6) is 0 Å². The Bertz CT molecular complexity index is 902. The molecule has 1 aromatic carbocycles. The van der Waals surface area contributed by atoms with Crippen molar-refractivity contribution in [1.82, 2.24) is 19.0 Å². The van der Waals surface area contributed by atoms with Crippen LogP contribution in [-0.2, 0) is 18.4 Å². The van der Waals surface area contributed by atoms with Crippen LogP contribution in [-0.4, -0.2) is 51.1 Å². The smallest absolute Gasteiger partial charge is 0.242 e. The molecule has 0 aliphatic carbocycles. The van der Waals surface area contributed by atoms with Gasteiger partial charge in [0.2, 0.25) is 11.9 Å². The van der Waals surface area contributed by atoms with E-state index in [1.807, 2.05) is 41.0 Å². The molecule has 1 amide bonds. The van der Waals surface area contributed by atoms with Crippen molar-refractivity contribution in [3.8, 4) is 0 Å². The predicted molar refractivity (Wildman–Crippen MR) is 98.7 cm³/mol. The quantitative estimate of drug-likeness (QED) is 0.735. The average molecular weight is 337 g/mol. The van der Waals surface area contributed by atoms with Crippen LogP contribution in [0.4, 0.5) is 5.95 Å². The van der Waals surface area contributed by atoms with Crippen molar-refractivity contribution >= 4 is 22.8 Å². The van der Waals surface area contributed by atoms with Gasteiger partial charge in [-0.3, -0.25) is 4.79 Å². The van der Waals surface area contributed by atoms with E-state index in [-0.39, 0.29) is 5.91 Å². The first-order valence-electron chi connectivity index (χ1n) is 8.68. The zero-order chi connectivity index (χ0) is 17.4. The molecule has 6 nitrogen and oxygen atoms in total. The van der Waals surface area contributed by atoms with Gasteiger partial charge in [-0.1, -0.05) is 18.2 Å². The molecule has 25 heavy (non-hydrogen) atoms. The number of fused-ring (bicyclic) bond motifs is 1. The van der Waals surface area contributed by atoms with E-state index in [1.165, 1.54) is 5.39 Å². The maximum Gasteiger partial charge on any atom is 0.242 e. The fourth-order valence-electron chi connectivity index (χ4n) is 3.61. The minimum atomic E-state index is 0.184. The van der Waals surface area contributed by atoms with Gasteiger partial charge in [0.15, 0.2) is 0 Å². The third kappa shape index (κ3) is 2.88. The van der Waals surface area contributed by atoms with Gasteiger partial charge in [-0.25, -0.2) is 4.98 Å². The number of nitrogens with zero attached hydrogens (tertiary/aromatic N) is 5. The lowest BCUT2D eigenvalue weighted by molar-refractivity contribution is -0.132. The van der Waals surface area contributed by atoms with Crippen LogP contribution < -0.4 is 4.90 Å². The van der Waals surface area contributed by atoms with Gasteiger partial charge in [-0.05, 0) is 24.4 Å². The monoisotopic (exact) mass is 337 g/mol. The Morgan fingerprint density at radius 1 is 1.16 bits per heavy atom. The van der Waals surface area contributed by atoms with Gasteiger partial charge < -0.3 is 18.9 Å². The summed E-state index contributed by atoms with van der Waals surface area (Å²) in [5.41, 5.74) is 2.25. The number of benzene rings is 1. The summed E-state index contributed by atoms with van der Waals surface area (Å²) in [6, 6.07) is 10.4. The van der Waals surface area contributed by atoms with E-state index < -0.39 is 0 Å². The molecule has 0 radical (unpaired) electrons. The fourth-order valence-corrected chi connectivity index (χ4v) is 3.61. The first-order chi connectivity index (χ1) is 12.1. The van der Waals surface area contributed by atoms with Crippen LogP contribution >= 0.6 is 0 Å². The highest BCUT2D eigenvalue weighted by atomic mass is 16.2. The van der Waals surface area contributed by atoms with E-state index >= 15 is 0 Å². The number of carbonyl (C=O) groups is 1. The van der Waals surface area contributed by atoms with Crippen molar-refractivity contribution in [3.63, 3.8) is 0 Å². The van der Waals surface area contributed by atoms with Gasteiger partial charge >= 0.3 is 0 Å². The molecule has 0 N–H and O–H groups in total. The molecule has 1 aliphatic rings. The molecule has 3 heterocycles. The van der Waals surface area contributed by atoms with E-state index in [2.05, 4.69) is 39.6 Å². The lowest BCUT2D eigenvalue weighted by Crippen LogP contribution is -2.50. The average Bonchev–Trinajstić information content (AvgIpc) is 3.19. The first-order valence-corrected chi connectivity index (χ1v) is 8.68. The molecule has 0 saturated carbocycles. The zero-order valence-corrected chi connectivity index (χ0v) is 14.7. The van der Waals surface area contributed by atoms with E-state index in [0.717, 1.165) is 43.3 Å². The number of hydrogen-bond donors (Lipinski definition) is 0. The molecule has 0 atom stereocenters. The molecule has 0 unspecified atom stereocenters. The summed E-state index contributed by atoms with van der Waals surface area (Å²) < 4.78 is 4.13. The van der Waals surface area contributed by atoms with Crippen LogP contribution in [0.3, 0.4) is 0 Å². The van der Waals surface area contributed by atoms with Crippen molar-refractivity contribution in [1.29, 1.82) is 0 Å². The van der Waals surface area contributed by atoms with Crippen LogP contribution in [0.2, 0.25) is 0 Å². The molecule has 4 rings (SSSR count). The van der Waals surface area contributed by atoms with Crippen molar-refractivity contribution in [3.05, 3.63) is 48.4 Å². The van der Waals surface area contributed by atoms with Gasteiger partial charge in [0.1, 0.15) is 6.54 Å². The maximum absolute atomic E-state index is 12.8. The minimum absolute atomic E-state index is 0.184. The van der Waals surface area contributed by atoms with E-state index in [4.69, 9.17) is 0 Å². The van der Waals surface area contributed by atoms with Crippen molar-refractivity contribution in [2.45, 2.75) is 13.5 Å². The van der Waals surface area contributed by atoms with E-state index in [9.17, 15) is 4.79 Å². The lowest BCUT2D eigenvalue weighted by Gasteiger charge is -2.35. The summed E-state index contributed by atoms with van der Waals surface area (Å²) in [5, 5.41) is 1.19. The molecule has 0 spiro atoms. The third-order valence-electron chi connectivity index (χ3n) is 5.02. The molecule has 2 aromatic heterocycles. The highest BCUT2D eigenvalue weighted by molar-refractivity contribution is 5.84. The molecule has 1 aliphatic heterocycles. The topological polar surface area (TPSA) is 46.3 Å². The number of amides is 1. The summed E-state index contributed by atoms with van der Waals surface area (Å²) in [6.45, 7) is 5.59. The van der Waals surface area contributed by atoms with Crippen molar-refractivity contribution in [2.75, 3.05) is 31.1 Å². The number of aryl methyl sites for hydroxylation is 2. The number of anilines is 1. The van der Waals surface area contributed by atoms with Gasteiger partial charge in [0, 0.05) is 56.8 Å². The number of carbonyl (C=O) groups excluding carboxylic acids is 1. The maximum atomic E-state index is 12.8. The Labute approximate surface area is 147 Å². The summed E-state index contributed by atoms with van der Waals surface area (Å²) >= 11 is 0. The Hall–Kier alpha value is -2.76. The SMILES string of the molecule is Cc1cc2ccccc2n1CC(=O)N1CCN(c2nccn2C)CC1. The lowest BCUT2D eigenvalue weighted by atomic mass is 10.2. The molecule has 1 saturated heterocycles. The molecule has 6 heteroatoms. The Kier molecular flexibility index (Phi) is 3.95. The van der Waals surface area contributed by atoms with Crippen LogP contribution in [0.25, 0.3) is 10.9 Å². The number of para-hydroxylation sites is 1. The number of hydrogen-bond acceptors (Lipinski definition) is 3. The van der Waals surface area contributed by atoms with E-state index in [1.54, 1.807) is 0 Å². The van der Waals surface area contributed by atoms with Gasteiger partial charge in [-0.15, -0.1) is 0 Å². The Morgan fingerprint density at radius 2 is 1.92 bits per heavy atom. The highest BCUT2D eigenvalue weighted by Gasteiger charge is 2.23.